The molecule has 0 aromatic carbocycles. The minimum Gasteiger partial charge on any atom is -0.327 e. The van der Waals surface area contributed by atoms with Crippen LogP contribution in [0.4, 0.5) is 0 Å². The molecule has 2 unspecified atom stereocenters. The Morgan fingerprint density at radius 3 is 2.46 bits per heavy atom. The van der Waals surface area contributed by atoms with Crippen molar-refractivity contribution in [3.05, 3.63) is 23.3 Å². The Hall–Kier alpha value is -0.960. The fourth-order valence-corrected chi connectivity index (χ4v) is 1.24. The van der Waals surface area contributed by atoms with Crippen LogP contribution in [0.5, 0.6) is 0 Å². The van der Waals surface area contributed by atoms with Crippen molar-refractivity contribution in [2.24, 2.45) is 5.73 Å². The van der Waals surface area contributed by atoms with E-state index in [1.807, 2.05) is 20.8 Å². The maximum atomic E-state index is 5.82. The minimum atomic E-state index is 0.120. The highest BCUT2D eigenvalue weighted by Gasteiger charge is 2.14. The average Bonchev–Trinajstić information content (AvgIpc) is 2.08. The molecule has 1 rings (SSSR count). The van der Waals surface area contributed by atoms with Crippen LogP contribution in [0.25, 0.3) is 0 Å². The van der Waals surface area contributed by atoms with E-state index in [0.717, 1.165) is 17.1 Å². The summed E-state index contributed by atoms with van der Waals surface area (Å²) in [6, 6.07) is 0.120. The third kappa shape index (κ3) is 2.25. The second-order valence-electron chi connectivity index (χ2n) is 3.63. The second kappa shape index (κ2) is 3.83. The van der Waals surface area contributed by atoms with Gasteiger partial charge in [-0.1, -0.05) is 6.92 Å². The van der Waals surface area contributed by atoms with Crippen molar-refractivity contribution in [2.45, 2.75) is 39.7 Å². The van der Waals surface area contributed by atoms with Gasteiger partial charge in [0.2, 0.25) is 0 Å². The quantitative estimate of drug-likeness (QED) is 0.749. The summed E-state index contributed by atoms with van der Waals surface area (Å²) >= 11 is 0. The Morgan fingerprint density at radius 2 is 1.92 bits per heavy atom. The third-order valence-electron chi connectivity index (χ3n) is 2.33. The summed E-state index contributed by atoms with van der Waals surface area (Å²) in [7, 11) is 0. The smallest absolute Gasteiger partial charge is 0.0662 e. The van der Waals surface area contributed by atoms with Crippen LogP contribution in [0.1, 0.15) is 36.8 Å². The zero-order chi connectivity index (χ0) is 10.0. The van der Waals surface area contributed by atoms with Crippen molar-refractivity contribution in [3.8, 4) is 0 Å². The zero-order valence-corrected chi connectivity index (χ0v) is 8.70. The van der Waals surface area contributed by atoms with Crippen molar-refractivity contribution < 1.29 is 0 Å². The van der Waals surface area contributed by atoms with E-state index in [2.05, 4.69) is 16.9 Å². The van der Waals surface area contributed by atoms with Gasteiger partial charge in [-0.3, -0.25) is 9.97 Å². The van der Waals surface area contributed by atoms with Crippen molar-refractivity contribution in [3.63, 3.8) is 0 Å². The van der Waals surface area contributed by atoms with Crippen molar-refractivity contribution in [1.29, 1.82) is 0 Å². The third-order valence-corrected chi connectivity index (χ3v) is 2.33. The van der Waals surface area contributed by atoms with E-state index in [4.69, 9.17) is 5.73 Å². The van der Waals surface area contributed by atoms with Gasteiger partial charge in [0.15, 0.2) is 0 Å². The highest BCUT2D eigenvalue weighted by atomic mass is 14.8. The number of aryl methyl sites for hydroxylation is 2. The molecule has 1 aromatic heterocycles. The summed E-state index contributed by atoms with van der Waals surface area (Å²) in [4.78, 5) is 8.72. The normalized spacial score (nSPS) is 15.5. The summed E-state index contributed by atoms with van der Waals surface area (Å²) in [6.45, 7) is 8.00. The van der Waals surface area contributed by atoms with Crippen LogP contribution >= 0.6 is 0 Å². The molecule has 0 amide bonds. The van der Waals surface area contributed by atoms with Gasteiger partial charge in [-0.15, -0.1) is 0 Å². The van der Waals surface area contributed by atoms with Gasteiger partial charge in [0.25, 0.3) is 0 Å². The first kappa shape index (κ1) is 10.1. The number of hydrogen-bond donors (Lipinski definition) is 1. The predicted octanol–water partition coefficient (Wildman–Crippen LogP) is 1.54. The molecule has 0 spiro atoms. The summed E-state index contributed by atoms with van der Waals surface area (Å²) < 4.78 is 0. The van der Waals surface area contributed by atoms with Gasteiger partial charge in [-0.25, -0.2) is 0 Å². The van der Waals surface area contributed by atoms with Gasteiger partial charge in [-0.05, 0) is 20.8 Å². The summed E-state index contributed by atoms with van der Waals surface area (Å²) in [5.74, 6) is 0.271. The first-order valence-electron chi connectivity index (χ1n) is 4.58. The molecule has 1 heterocycles. The predicted molar refractivity (Wildman–Crippen MR) is 53.6 cm³/mol. The Bertz CT molecular complexity index is 294. The molecule has 3 heteroatoms. The first-order chi connectivity index (χ1) is 6.02. The van der Waals surface area contributed by atoms with Crippen LogP contribution in [-0.4, -0.2) is 16.0 Å². The maximum absolute atomic E-state index is 5.82. The highest BCUT2D eigenvalue weighted by Crippen LogP contribution is 2.18. The minimum absolute atomic E-state index is 0.120. The number of rotatable bonds is 2. The largest absolute Gasteiger partial charge is 0.327 e. The Morgan fingerprint density at radius 1 is 1.31 bits per heavy atom. The zero-order valence-electron chi connectivity index (χ0n) is 8.70. The van der Waals surface area contributed by atoms with Gasteiger partial charge in [0.1, 0.15) is 0 Å². The molecule has 2 atom stereocenters. The van der Waals surface area contributed by atoms with Gasteiger partial charge in [-0.2, -0.15) is 0 Å². The molecule has 0 aliphatic heterocycles. The fourth-order valence-electron chi connectivity index (χ4n) is 1.24. The summed E-state index contributed by atoms with van der Waals surface area (Å²) in [5, 5.41) is 0. The van der Waals surface area contributed by atoms with Crippen LogP contribution in [0, 0.1) is 13.8 Å². The molecule has 1 aromatic rings. The van der Waals surface area contributed by atoms with Crippen molar-refractivity contribution in [2.75, 3.05) is 0 Å². The topological polar surface area (TPSA) is 51.8 Å². The van der Waals surface area contributed by atoms with E-state index in [9.17, 15) is 0 Å². The van der Waals surface area contributed by atoms with Gasteiger partial charge in [0, 0.05) is 18.2 Å². The SMILES string of the molecule is Cc1cnc(C)c(C(C)C(C)N)n1. The highest BCUT2D eigenvalue weighted by molar-refractivity contribution is 5.17. The number of hydrogen-bond acceptors (Lipinski definition) is 3. The van der Waals surface area contributed by atoms with Crippen LogP contribution in [0.3, 0.4) is 0 Å². The van der Waals surface area contributed by atoms with Crippen LogP contribution in [0.2, 0.25) is 0 Å². The first-order valence-corrected chi connectivity index (χ1v) is 4.58. The lowest BCUT2D eigenvalue weighted by molar-refractivity contribution is 0.589. The molecule has 13 heavy (non-hydrogen) atoms. The van der Waals surface area contributed by atoms with E-state index in [1.54, 1.807) is 6.20 Å². The van der Waals surface area contributed by atoms with Crippen molar-refractivity contribution >= 4 is 0 Å². The molecule has 0 bridgehead atoms. The maximum Gasteiger partial charge on any atom is 0.0662 e. The Labute approximate surface area is 79.4 Å². The van der Waals surface area contributed by atoms with Crippen molar-refractivity contribution in [1.82, 2.24) is 9.97 Å². The number of nitrogens with two attached hydrogens (primary N) is 1. The molecular weight excluding hydrogens is 162 g/mol. The van der Waals surface area contributed by atoms with Gasteiger partial charge in [0.05, 0.1) is 17.1 Å². The molecule has 0 saturated carbocycles. The van der Waals surface area contributed by atoms with E-state index in [-0.39, 0.29) is 12.0 Å². The van der Waals surface area contributed by atoms with Gasteiger partial charge < -0.3 is 5.73 Å². The lowest BCUT2D eigenvalue weighted by atomic mass is 9.99. The molecular formula is C10H17N3. The standard InChI is InChI=1S/C10H17N3/c1-6-5-12-9(4)10(13-6)7(2)8(3)11/h5,7-8H,11H2,1-4H3. The molecule has 72 valence electrons. The van der Waals surface area contributed by atoms with E-state index < -0.39 is 0 Å². The molecule has 0 aliphatic carbocycles. The molecule has 2 N–H and O–H groups in total. The average molecular weight is 179 g/mol. The number of nitrogens with zero attached hydrogens (tertiary/aromatic N) is 2. The lowest BCUT2D eigenvalue weighted by Gasteiger charge is -2.16. The second-order valence-corrected chi connectivity index (χ2v) is 3.63. The lowest BCUT2D eigenvalue weighted by Crippen LogP contribution is -2.24. The van der Waals surface area contributed by atoms with E-state index in [1.165, 1.54) is 0 Å². The monoisotopic (exact) mass is 179 g/mol. The van der Waals surface area contributed by atoms with Crippen LogP contribution in [0.15, 0.2) is 6.20 Å². The Balaban J connectivity index is 3.05. The molecule has 0 fully saturated rings. The summed E-state index contributed by atoms with van der Waals surface area (Å²) in [5.41, 5.74) is 8.78. The Kier molecular flexibility index (Phi) is 2.98. The van der Waals surface area contributed by atoms with Crippen LogP contribution < -0.4 is 5.73 Å². The molecule has 0 radical (unpaired) electrons. The summed E-state index contributed by atoms with van der Waals surface area (Å²) in [6.07, 6.45) is 1.78. The number of aromatic nitrogens is 2. The van der Waals surface area contributed by atoms with Crippen LogP contribution in [-0.2, 0) is 0 Å². The van der Waals surface area contributed by atoms with E-state index >= 15 is 0 Å². The van der Waals surface area contributed by atoms with E-state index in [0.29, 0.717) is 0 Å². The fraction of sp³-hybridized carbons (Fsp3) is 0.600. The van der Waals surface area contributed by atoms with Gasteiger partial charge >= 0.3 is 0 Å². The molecule has 3 nitrogen and oxygen atoms in total. The molecule has 0 saturated heterocycles. The molecule has 0 aliphatic rings.